The number of aliphatic hydroxyl groups excluding tert-OH is 1. The smallest absolute Gasteiger partial charge is 0.254 e. The molecule has 1 amide bonds. The van der Waals surface area contributed by atoms with Crippen LogP contribution in [0.3, 0.4) is 0 Å². The fraction of sp³-hybridized carbons (Fsp3) is 0.571. The summed E-state index contributed by atoms with van der Waals surface area (Å²) in [6.45, 7) is 3.14. The van der Waals surface area contributed by atoms with Crippen molar-refractivity contribution in [3.8, 4) is 0 Å². The fourth-order valence-corrected chi connectivity index (χ4v) is 2.21. The Balaban J connectivity index is 2.13. The van der Waals surface area contributed by atoms with Crippen molar-refractivity contribution < 1.29 is 9.90 Å². The molecule has 1 fully saturated rings. The molecule has 5 nitrogen and oxygen atoms in total. The van der Waals surface area contributed by atoms with Gasteiger partial charge in [0.05, 0.1) is 6.10 Å². The van der Waals surface area contributed by atoms with Crippen LogP contribution in [0, 0.1) is 5.92 Å². The predicted octanol–water partition coefficient (Wildman–Crippen LogP) is 0.990. The molecule has 1 aliphatic heterocycles. The average Bonchev–Trinajstić information content (AvgIpc) is 2.41. The zero-order chi connectivity index (χ0) is 14.0. The van der Waals surface area contributed by atoms with Crippen LogP contribution in [-0.2, 0) is 0 Å². The first kappa shape index (κ1) is 13.8. The van der Waals surface area contributed by atoms with E-state index in [-0.39, 0.29) is 11.8 Å². The molecule has 2 heterocycles. The van der Waals surface area contributed by atoms with E-state index < -0.39 is 6.10 Å². The van der Waals surface area contributed by atoms with Crippen LogP contribution in [-0.4, -0.2) is 54.2 Å². The lowest BCUT2D eigenvalue weighted by atomic mass is 9.95. The summed E-state index contributed by atoms with van der Waals surface area (Å²) in [5.41, 5.74) is 0.625. The molecule has 1 N–H and O–H groups in total. The number of nitrogens with zero attached hydrogens (tertiary/aromatic N) is 3. The van der Waals surface area contributed by atoms with Gasteiger partial charge in [0.15, 0.2) is 0 Å². The molecule has 1 saturated heterocycles. The zero-order valence-electron chi connectivity index (χ0n) is 11.7. The molecule has 1 aromatic heterocycles. The first-order valence-corrected chi connectivity index (χ1v) is 6.59. The molecule has 2 atom stereocenters. The summed E-state index contributed by atoms with van der Waals surface area (Å²) in [5.74, 6) is 0.993. The molecule has 0 saturated carbocycles. The quantitative estimate of drug-likeness (QED) is 0.864. The van der Waals surface area contributed by atoms with E-state index in [0.29, 0.717) is 18.7 Å². The number of hydrogen-bond donors (Lipinski definition) is 1. The second-order valence-electron chi connectivity index (χ2n) is 5.38. The molecular formula is C14H21N3O2. The Hall–Kier alpha value is -1.62. The first-order chi connectivity index (χ1) is 8.99. The molecular weight excluding hydrogens is 242 g/mol. The zero-order valence-corrected chi connectivity index (χ0v) is 11.7. The molecule has 0 aromatic carbocycles. The number of carbonyl (C=O) groups is 1. The van der Waals surface area contributed by atoms with Crippen molar-refractivity contribution >= 4 is 11.7 Å². The third-order valence-electron chi connectivity index (χ3n) is 3.66. The van der Waals surface area contributed by atoms with Crippen LogP contribution in [0.15, 0.2) is 18.3 Å². The lowest BCUT2D eigenvalue weighted by Crippen LogP contribution is -2.45. The Labute approximate surface area is 113 Å². The summed E-state index contributed by atoms with van der Waals surface area (Å²) in [5, 5.41) is 9.87. The van der Waals surface area contributed by atoms with Crippen LogP contribution >= 0.6 is 0 Å². The van der Waals surface area contributed by atoms with Crippen molar-refractivity contribution in [1.29, 1.82) is 0 Å². The minimum Gasteiger partial charge on any atom is -0.391 e. The molecule has 5 heteroatoms. The van der Waals surface area contributed by atoms with Crippen LogP contribution in [0.4, 0.5) is 5.82 Å². The highest BCUT2D eigenvalue weighted by atomic mass is 16.3. The second-order valence-corrected chi connectivity index (χ2v) is 5.38. The van der Waals surface area contributed by atoms with E-state index >= 15 is 0 Å². The van der Waals surface area contributed by atoms with Gasteiger partial charge >= 0.3 is 0 Å². The summed E-state index contributed by atoms with van der Waals surface area (Å²) in [6.07, 6.45) is 2.07. The highest BCUT2D eigenvalue weighted by molar-refractivity contribution is 5.95. The first-order valence-electron chi connectivity index (χ1n) is 6.59. The number of pyridine rings is 1. The van der Waals surface area contributed by atoms with Gasteiger partial charge in [-0.2, -0.15) is 0 Å². The average molecular weight is 263 g/mol. The van der Waals surface area contributed by atoms with Crippen molar-refractivity contribution in [3.63, 3.8) is 0 Å². The Morgan fingerprint density at radius 3 is 2.89 bits per heavy atom. The van der Waals surface area contributed by atoms with Gasteiger partial charge in [-0.05, 0) is 24.5 Å². The van der Waals surface area contributed by atoms with Gasteiger partial charge in [0.2, 0.25) is 0 Å². The molecule has 0 bridgehead atoms. The minimum atomic E-state index is -0.423. The number of likely N-dealkylation sites (tertiary alicyclic amines) is 1. The second kappa shape index (κ2) is 5.57. The van der Waals surface area contributed by atoms with Crippen LogP contribution in [0.2, 0.25) is 0 Å². The molecule has 104 valence electrons. The Morgan fingerprint density at radius 1 is 1.53 bits per heavy atom. The molecule has 0 aliphatic carbocycles. The molecule has 2 rings (SSSR count). The van der Waals surface area contributed by atoms with E-state index in [4.69, 9.17) is 0 Å². The van der Waals surface area contributed by atoms with Gasteiger partial charge in [0.1, 0.15) is 5.82 Å². The maximum Gasteiger partial charge on any atom is 0.254 e. The van der Waals surface area contributed by atoms with Gasteiger partial charge in [-0.3, -0.25) is 4.79 Å². The van der Waals surface area contributed by atoms with Crippen molar-refractivity contribution in [2.45, 2.75) is 19.4 Å². The monoisotopic (exact) mass is 263 g/mol. The maximum atomic E-state index is 12.4. The van der Waals surface area contributed by atoms with Gasteiger partial charge in [-0.1, -0.05) is 6.92 Å². The van der Waals surface area contributed by atoms with Crippen LogP contribution in [0.25, 0.3) is 0 Å². The number of β-amino-alcohol motifs (C(OH)–C–C–N with tert-alkyl or cyclic N) is 1. The number of piperidine rings is 1. The van der Waals surface area contributed by atoms with Gasteiger partial charge in [-0.15, -0.1) is 0 Å². The van der Waals surface area contributed by atoms with Gasteiger partial charge in [0.25, 0.3) is 5.91 Å². The SMILES string of the molecule is CC1CCN(C(=O)c2ccnc(N(C)C)c2)CC1O. The highest BCUT2D eigenvalue weighted by Gasteiger charge is 2.27. The van der Waals surface area contributed by atoms with E-state index in [0.717, 1.165) is 12.2 Å². The van der Waals surface area contributed by atoms with E-state index in [9.17, 15) is 9.90 Å². The summed E-state index contributed by atoms with van der Waals surface area (Å²) in [6, 6.07) is 3.51. The Bertz CT molecular complexity index is 462. The number of carbonyl (C=O) groups excluding carboxylic acids is 1. The van der Waals surface area contributed by atoms with E-state index in [1.54, 1.807) is 23.2 Å². The predicted molar refractivity (Wildman–Crippen MR) is 74.3 cm³/mol. The lowest BCUT2D eigenvalue weighted by Gasteiger charge is -2.34. The Morgan fingerprint density at radius 2 is 2.26 bits per heavy atom. The Kier molecular flexibility index (Phi) is 4.04. The summed E-state index contributed by atoms with van der Waals surface area (Å²) in [7, 11) is 3.78. The lowest BCUT2D eigenvalue weighted by molar-refractivity contribution is 0.0248. The number of rotatable bonds is 2. The van der Waals surface area contributed by atoms with E-state index in [1.165, 1.54) is 0 Å². The molecule has 1 aromatic rings. The van der Waals surface area contributed by atoms with E-state index in [2.05, 4.69) is 4.98 Å². The number of anilines is 1. The normalized spacial score (nSPS) is 23.3. The summed E-state index contributed by atoms with van der Waals surface area (Å²) in [4.78, 5) is 20.2. The van der Waals surface area contributed by atoms with Gasteiger partial charge in [-0.25, -0.2) is 4.98 Å². The summed E-state index contributed by atoms with van der Waals surface area (Å²) >= 11 is 0. The van der Waals surface area contributed by atoms with Crippen LogP contribution in [0.5, 0.6) is 0 Å². The molecule has 2 unspecified atom stereocenters. The number of aliphatic hydroxyl groups is 1. The highest BCUT2D eigenvalue weighted by Crippen LogP contribution is 2.19. The number of amides is 1. The number of aromatic nitrogens is 1. The minimum absolute atomic E-state index is 0.0311. The van der Waals surface area contributed by atoms with Gasteiger partial charge < -0.3 is 14.9 Å². The van der Waals surface area contributed by atoms with Crippen molar-refractivity contribution in [2.24, 2.45) is 5.92 Å². The summed E-state index contributed by atoms with van der Waals surface area (Å²) < 4.78 is 0. The molecule has 0 radical (unpaired) electrons. The maximum absolute atomic E-state index is 12.4. The standard InChI is InChI=1S/C14H21N3O2/c1-10-5-7-17(9-12(10)18)14(19)11-4-6-15-13(8-11)16(2)3/h4,6,8,10,12,18H,5,7,9H2,1-3H3. The van der Waals surface area contributed by atoms with Crippen LogP contribution < -0.4 is 4.90 Å². The topological polar surface area (TPSA) is 56.7 Å². The van der Waals surface area contributed by atoms with Crippen LogP contribution in [0.1, 0.15) is 23.7 Å². The third-order valence-corrected chi connectivity index (χ3v) is 3.66. The molecule has 19 heavy (non-hydrogen) atoms. The van der Waals surface area contributed by atoms with E-state index in [1.807, 2.05) is 25.9 Å². The third kappa shape index (κ3) is 3.04. The largest absolute Gasteiger partial charge is 0.391 e. The van der Waals surface area contributed by atoms with Crippen molar-refractivity contribution in [1.82, 2.24) is 9.88 Å². The molecule has 1 aliphatic rings. The fourth-order valence-electron chi connectivity index (χ4n) is 2.21. The van der Waals surface area contributed by atoms with Crippen molar-refractivity contribution in [2.75, 3.05) is 32.1 Å². The van der Waals surface area contributed by atoms with Crippen molar-refractivity contribution in [3.05, 3.63) is 23.9 Å². The number of hydrogen-bond acceptors (Lipinski definition) is 4. The van der Waals surface area contributed by atoms with Gasteiger partial charge in [0, 0.05) is 38.9 Å². The molecule has 0 spiro atoms.